The second-order valence-corrected chi connectivity index (χ2v) is 4.42. The molecule has 0 radical (unpaired) electrons. The molecule has 0 saturated carbocycles. The van der Waals surface area contributed by atoms with E-state index in [0.717, 1.165) is 11.1 Å². The minimum Gasteiger partial charge on any atom is -0.203 e. The monoisotopic (exact) mass is 244 g/mol. The van der Waals surface area contributed by atoms with Gasteiger partial charge in [0.2, 0.25) is 0 Å². The molecule has 0 saturated heterocycles. The van der Waals surface area contributed by atoms with Gasteiger partial charge in [-0.2, -0.15) is 0 Å². The van der Waals surface area contributed by atoms with Crippen LogP contribution in [0.2, 0.25) is 0 Å². The molecule has 92 valence electrons. The van der Waals surface area contributed by atoms with Gasteiger partial charge in [-0.15, -0.1) is 0 Å². The largest absolute Gasteiger partial charge is 0.203 e. The van der Waals surface area contributed by atoms with Crippen LogP contribution in [0.5, 0.6) is 0 Å². The van der Waals surface area contributed by atoms with Crippen molar-refractivity contribution in [2.75, 3.05) is 0 Å². The fourth-order valence-corrected chi connectivity index (χ4v) is 1.80. The number of hydrogen-bond acceptors (Lipinski definition) is 0. The van der Waals surface area contributed by atoms with Crippen LogP contribution in [-0.2, 0) is 0 Å². The first-order valence-electron chi connectivity index (χ1n) is 5.71. The number of hydrogen-bond donors (Lipinski definition) is 0. The summed E-state index contributed by atoms with van der Waals surface area (Å²) < 4.78 is 27.3. The highest BCUT2D eigenvalue weighted by Crippen LogP contribution is 2.27. The summed E-state index contributed by atoms with van der Waals surface area (Å²) in [5, 5.41) is 0. The number of halogens is 2. The summed E-state index contributed by atoms with van der Waals surface area (Å²) in [6, 6.07) is 10.4. The molecule has 0 amide bonds. The highest BCUT2D eigenvalue weighted by atomic mass is 19.2. The Labute approximate surface area is 106 Å². The summed E-state index contributed by atoms with van der Waals surface area (Å²) >= 11 is 0. The predicted octanol–water partition coefficient (Wildman–Crippen LogP) is 4.97. The average Bonchev–Trinajstić information content (AvgIpc) is 2.36. The van der Waals surface area contributed by atoms with Crippen LogP contribution < -0.4 is 0 Å². The molecule has 0 spiro atoms. The van der Waals surface area contributed by atoms with Crippen molar-refractivity contribution in [2.45, 2.75) is 13.8 Å². The highest BCUT2D eigenvalue weighted by molar-refractivity contribution is 5.69. The Balaban J connectivity index is 2.49. The molecule has 18 heavy (non-hydrogen) atoms. The Morgan fingerprint density at radius 3 is 2.11 bits per heavy atom. The van der Waals surface area contributed by atoms with Crippen molar-refractivity contribution in [3.8, 4) is 11.1 Å². The lowest BCUT2D eigenvalue weighted by molar-refractivity contribution is 0.505. The molecule has 0 aliphatic rings. The summed E-state index contributed by atoms with van der Waals surface area (Å²) in [6.07, 6.45) is 0. The van der Waals surface area contributed by atoms with Gasteiger partial charge in [0.15, 0.2) is 11.6 Å². The Hall–Kier alpha value is -1.96. The van der Waals surface area contributed by atoms with Crippen molar-refractivity contribution in [1.82, 2.24) is 0 Å². The quantitative estimate of drug-likeness (QED) is 0.699. The first kappa shape index (κ1) is 12.5. The van der Waals surface area contributed by atoms with Crippen molar-refractivity contribution < 1.29 is 8.78 Å². The highest BCUT2D eigenvalue weighted by Gasteiger charge is 2.12. The van der Waals surface area contributed by atoms with Gasteiger partial charge in [-0.1, -0.05) is 48.6 Å². The molecule has 0 aliphatic heterocycles. The molecule has 0 N–H and O–H groups in total. The maximum absolute atomic E-state index is 13.8. The van der Waals surface area contributed by atoms with Crippen LogP contribution in [0.1, 0.15) is 18.1 Å². The van der Waals surface area contributed by atoms with E-state index in [4.69, 9.17) is 0 Å². The second kappa shape index (κ2) is 4.73. The lowest BCUT2D eigenvalue weighted by atomic mass is 10.00. The maximum atomic E-state index is 13.8. The standard InChI is InChI=1S/C16H14F2/c1-10(2)12-5-7-13(8-6-12)14-9-4-11(3)15(17)16(14)18/h4-9H,1H2,2-3H3. The molecule has 2 aromatic carbocycles. The number of rotatable bonds is 2. The zero-order valence-corrected chi connectivity index (χ0v) is 10.4. The van der Waals surface area contributed by atoms with Gasteiger partial charge >= 0.3 is 0 Å². The molecule has 2 heteroatoms. The summed E-state index contributed by atoms with van der Waals surface area (Å²) in [7, 11) is 0. The first-order chi connectivity index (χ1) is 8.50. The third-order valence-electron chi connectivity index (χ3n) is 2.96. The van der Waals surface area contributed by atoms with Crippen LogP contribution in [-0.4, -0.2) is 0 Å². The van der Waals surface area contributed by atoms with E-state index in [9.17, 15) is 8.78 Å². The zero-order chi connectivity index (χ0) is 13.3. The van der Waals surface area contributed by atoms with Gasteiger partial charge in [0.1, 0.15) is 0 Å². The van der Waals surface area contributed by atoms with E-state index in [1.807, 2.05) is 19.1 Å². The van der Waals surface area contributed by atoms with Crippen LogP contribution in [0, 0.1) is 18.6 Å². The minimum absolute atomic E-state index is 0.284. The van der Waals surface area contributed by atoms with E-state index in [2.05, 4.69) is 6.58 Å². The number of allylic oxidation sites excluding steroid dienone is 1. The van der Waals surface area contributed by atoms with E-state index in [1.54, 1.807) is 31.2 Å². The van der Waals surface area contributed by atoms with Crippen molar-refractivity contribution in [1.29, 1.82) is 0 Å². The molecule has 0 unspecified atom stereocenters. The molecule has 0 atom stereocenters. The van der Waals surface area contributed by atoms with E-state index >= 15 is 0 Å². The van der Waals surface area contributed by atoms with Crippen LogP contribution in [0.4, 0.5) is 8.78 Å². The van der Waals surface area contributed by atoms with E-state index in [0.29, 0.717) is 11.1 Å². The van der Waals surface area contributed by atoms with Gasteiger partial charge in [0, 0.05) is 5.56 Å². The smallest absolute Gasteiger partial charge is 0.166 e. The second-order valence-electron chi connectivity index (χ2n) is 4.42. The Morgan fingerprint density at radius 2 is 1.56 bits per heavy atom. The Bertz CT molecular complexity index is 595. The topological polar surface area (TPSA) is 0 Å². The van der Waals surface area contributed by atoms with Crippen LogP contribution >= 0.6 is 0 Å². The Kier molecular flexibility index (Phi) is 3.28. The van der Waals surface area contributed by atoms with Gasteiger partial charge in [0.05, 0.1) is 0 Å². The van der Waals surface area contributed by atoms with E-state index < -0.39 is 11.6 Å². The molecule has 0 heterocycles. The maximum Gasteiger partial charge on any atom is 0.166 e. The lowest BCUT2D eigenvalue weighted by Crippen LogP contribution is -1.93. The van der Waals surface area contributed by atoms with Crippen LogP contribution in [0.25, 0.3) is 16.7 Å². The molecule has 0 aliphatic carbocycles. The molecule has 0 fully saturated rings. The van der Waals surface area contributed by atoms with Gasteiger partial charge in [-0.3, -0.25) is 0 Å². The third kappa shape index (κ3) is 2.19. The van der Waals surface area contributed by atoms with E-state index in [-0.39, 0.29) is 5.56 Å². The summed E-state index contributed by atoms with van der Waals surface area (Å²) in [5.74, 6) is -1.57. The van der Waals surface area contributed by atoms with Gasteiger partial charge in [0.25, 0.3) is 0 Å². The Morgan fingerprint density at radius 1 is 0.944 bits per heavy atom. The number of benzene rings is 2. The third-order valence-corrected chi connectivity index (χ3v) is 2.96. The average molecular weight is 244 g/mol. The van der Waals surface area contributed by atoms with Crippen LogP contribution in [0.3, 0.4) is 0 Å². The van der Waals surface area contributed by atoms with Crippen molar-refractivity contribution in [3.63, 3.8) is 0 Å². The van der Waals surface area contributed by atoms with Crippen LogP contribution in [0.15, 0.2) is 43.0 Å². The molecule has 0 bridgehead atoms. The van der Waals surface area contributed by atoms with Gasteiger partial charge < -0.3 is 0 Å². The molecular weight excluding hydrogens is 230 g/mol. The fraction of sp³-hybridized carbons (Fsp3) is 0.125. The minimum atomic E-state index is -0.793. The SMILES string of the molecule is C=C(C)c1ccc(-c2ccc(C)c(F)c2F)cc1. The molecule has 2 rings (SSSR count). The lowest BCUT2D eigenvalue weighted by Gasteiger charge is -2.07. The molecule has 0 aromatic heterocycles. The summed E-state index contributed by atoms with van der Waals surface area (Å²) in [4.78, 5) is 0. The van der Waals surface area contributed by atoms with Gasteiger partial charge in [-0.25, -0.2) is 8.78 Å². The van der Waals surface area contributed by atoms with Crippen molar-refractivity contribution in [2.24, 2.45) is 0 Å². The van der Waals surface area contributed by atoms with E-state index in [1.165, 1.54) is 0 Å². The molecular formula is C16H14F2. The van der Waals surface area contributed by atoms with Gasteiger partial charge in [-0.05, 0) is 30.5 Å². The first-order valence-corrected chi connectivity index (χ1v) is 5.71. The summed E-state index contributed by atoms with van der Waals surface area (Å²) in [5.41, 5.74) is 3.20. The summed E-state index contributed by atoms with van der Waals surface area (Å²) in [6.45, 7) is 7.29. The molecule has 0 nitrogen and oxygen atoms in total. The molecule has 2 aromatic rings. The van der Waals surface area contributed by atoms with Crippen molar-refractivity contribution >= 4 is 5.57 Å². The fourth-order valence-electron chi connectivity index (χ4n) is 1.80. The predicted molar refractivity (Wildman–Crippen MR) is 71.2 cm³/mol. The normalized spacial score (nSPS) is 10.4. The van der Waals surface area contributed by atoms with Crippen molar-refractivity contribution in [3.05, 3.63) is 65.7 Å². The number of aryl methyl sites for hydroxylation is 1. The zero-order valence-electron chi connectivity index (χ0n) is 10.4.